The first-order chi connectivity index (χ1) is 29.7. The molecule has 12 rings (SSSR count). The molecule has 0 amide bonds. The van der Waals surface area contributed by atoms with Gasteiger partial charge >= 0.3 is 0 Å². The van der Waals surface area contributed by atoms with Gasteiger partial charge in [0.2, 0.25) is 11.7 Å². The minimum Gasteiger partial charge on any atom is -0.456 e. The second-order valence-electron chi connectivity index (χ2n) is 15.1. The summed E-state index contributed by atoms with van der Waals surface area (Å²) >= 11 is 0. The number of hydrogen-bond donors (Lipinski definition) is 0. The normalized spacial score (nSPS) is 12.0. The van der Waals surface area contributed by atoms with Crippen molar-refractivity contribution in [2.24, 2.45) is 0 Å². The van der Waals surface area contributed by atoms with Crippen molar-refractivity contribution in [3.63, 3.8) is 0 Å². The Hall–Kier alpha value is -7.94. The standard InChI is InChI=1S/C52H34N6OSi/c1-4-18-37(19-5-1)60(38-20-6-2-7-21-38,39-22-8-3-9-23-39)40-24-16-17-35(33-40)49-54-50(36-31-32-48-42(34-36)41-25-10-15-30-47(41)59-48)56-51(55-49)58-46-29-14-13-28-45(46)57-44-27-12-11-26-43(44)53-52(57)58/h1-34H. The highest BCUT2D eigenvalue weighted by Gasteiger charge is 2.41. The molecule has 0 bridgehead atoms. The lowest BCUT2D eigenvalue weighted by Gasteiger charge is -2.34. The molecule has 4 aromatic heterocycles. The molecule has 0 aliphatic heterocycles. The molecule has 60 heavy (non-hydrogen) atoms. The lowest BCUT2D eigenvalue weighted by atomic mass is 10.1. The first kappa shape index (κ1) is 34.1. The lowest BCUT2D eigenvalue weighted by Crippen LogP contribution is -2.74. The van der Waals surface area contributed by atoms with Gasteiger partial charge < -0.3 is 4.42 Å². The summed E-state index contributed by atoms with van der Waals surface area (Å²) in [5.74, 6) is 2.33. The fraction of sp³-hybridized carbons (Fsp3) is 0. The molecule has 8 aromatic carbocycles. The molecular formula is C52H34N6OSi. The first-order valence-corrected chi connectivity index (χ1v) is 22.1. The number of furan rings is 1. The van der Waals surface area contributed by atoms with Gasteiger partial charge in [0.15, 0.2) is 19.7 Å². The molecule has 0 radical (unpaired) electrons. The summed E-state index contributed by atoms with van der Waals surface area (Å²) in [6, 6.07) is 72.6. The number of hydrogen-bond acceptors (Lipinski definition) is 5. The van der Waals surface area contributed by atoms with Crippen LogP contribution in [0.25, 0.3) is 78.5 Å². The van der Waals surface area contributed by atoms with E-state index in [9.17, 15) is 0 Å². The van der Waals surface area contributed by atoms with Crippen LogP contribution in [0.2, 0.25) is 0 Å². The van der Waals surface area contributed by atoms with Gasteiger partial charge in [-0.15, -0.1) is 0 Å². The Morgan fingerprint density at radius 1 is 0.383 bits per heavy atom. The van der Waals surface area contributed by atoms with Crippen molar-refractivity contribution in [1.82, 2.24) is 28.9 Å². The van der Waals surface area contributed by atoms with Gasteiger partial charge in [0.25, 0.3) is 0 Å². The van der Waals surface area contributed by atoms with E-state index in [-0.39, 0.29) is 0 Å². The Kier molecular flexibility index (Phi) is 7.73. The van der Waals surface area contributed by atoms with Crippen LogP contribution in [0.1, 0.15) is 0 Å². The third kappa shape index (κ3) is 5.21. The van der Waals surface area contributed by atoms with Crippen LogP contribution < -0.4 is 20.7 Å². The van der Waals surface area contributed by atoms with Crippen LogP contribution in [0.3, 0.4) is 0 Å². The third-order valence-corrected chi connectivity index (χ3v) is 16.5. The Morgan fingerprint density at radius 2 is 0.933 bits per heavy atom. The summed E-state index contributed by atoms with van der Waals surface area (Å²) in [6.45, 7) is 0. The number of imidazole rings is 2. The largest absolute Gasteiger partial charge is 0.456 e. The van der Waals surface area contributed by atoms with Crippen molar-refractivity contribution in [1.29, 1.82) is 0 Å². The number of rotatable bonds is 7. The van der Waals surface area contributed by atoms with Crippen LogP contribution in [0, 0.1) is 0 Å². The monoisotopic (exact) mass is 786 g/mol. The predicted octanol–water partition coefficient (Wildman–Crippen LogP) is 9.23. The molecule has 0 spiro atoms. The maximum absolute atomic E-state index is 6.23. The molecule has 4 heterocycles. The van der Waals surface area contributed by atoms with E-state index in [4.69, 9.17) is 24.4 Å². The van der Waals surface area contributed by atoms with Gasteiger partial charge in [-0.25, -0.2) is 14.5 Å². The van der Waals surface area contributed by atoms with Gasteiger partial charge in [-0.2, -0.15) is 9.97 Å². The van der Waals surface area contributed by atoms with E-state index in [1.807, 2.05) is 54.6 Å². The summed E-state index contributed by atoms with van der Waals surface area (Å²) in [4.78, 5) is 21.2. The zero-order chi connectivity index (χ0) is 39.6. The SMILES string of the molecule is c1ccc([Si](c2ccccc2)(c2ccccc2)c2cccc(-c3nc(-c4ccc5oc6ccccc6c5c4)nc(-n4c5ccccc5n5c6ccccc6nc45)n3)c2)cc1. The molecule has 0 aliphatic carbocycles. The van der Waals surface area contributed by atoms with Crippen LogP contribution in [-0.2, 0) is 0 Å². The van der Waals surface area contributed by atoms with Gasteiger partial charge in [-0.05, 0) is 69.3 Å². The van der Waals surface area contributed by atoms with Crippen LogP contribution in [0.15, 0.2) is 211 Å². The average molecular weight is 787 g/mol. The lowest BCUT2D eigenvalue weighted by molar-refractivity contribution is 0.669. The van der Waals surface area contributed by atoms with Crippen molar-refractivity contribution in [2.75, 3.05) is 0 Å². The highest BCUT2D eigenvalue weighted by Crippen LogP contribution is 2.34. The van der Waals surface area contributed by atoms with Crippen molar-refractivity contribution in [2.45, 2.75) is 0 Å². The molecule has 12 aromatic rings. The molecule has 0 N–H and O–H groups in total. The van der Waals surface area contributed by atoms with Crippen LogP contribution in [-0.4, -0.2) is 37.0 Å². The summed E-state index contributed by atoms with van der Waals surface area (Å²) < 4.78 is 10.5. The third-order valence-electron chi connectivity index (χ3n) is 11.7. The number of para-hydroxylation sites is 5. The molecule has 8 heteroatoms. The van der Waals surface area contributed by atoms with Crippen molar-refractivity contribution in [3.05, 3.63) is 206 Å². The molecule has 0 aliphatic rings. The van der Waals surface area contributed by atoms with Gasteiger partial charge in [-0.1, -0.05) is 158 Å². The second-order valence-corrected chi connectivity index (χ2v) is 18.9. The minimum absolute atomic E-state index is 0.483. The summed E-state index contributed by atoms with van der Waals surface area (Å²) in [7, 11) is -2.85. The van der Waals surface area contributed by atoms with Crippen molar-refractivity contribution >= 4 is 78.6 Å². The first-order valence-electron chi connectivity index (χ1n) is 20.1. The Bertz CT molecular complexity index is 3460. The van der Waals surface area contributed by atoms with Crippen molar-refractivity contribution < 1.29 is 4.42 Å². The number of benzene rings is 8. The van der Waals surface area contributed by atoms with Crippen LogP contribution in [0.4, 0.5) is 0 Å². The molecule has 0 atom stereocenters. The smallest absolute Gasteiger partial charge is 0.241 e. The molecule has 282 valence electrons. The van der Waals surface area contributed by atoms with Gasteiger partial charge in [-0.3, -0.25) is 4.40 Å². The van der Waals surface area contributed by atoms with E-state index in [0.717, 1.165) is 60.9 Å². The zero-order valence-electron chi connectivity index (χ0n) is 32.2. The zero-order valence-corrected chi connectivity index (χ0v) is 33.2. The summed E-state index contributed by atoms with van der Waals surface area (Å²) in [5.41, 5.74) is 7.29. The van der Waals surface area contributed by atoms with E-state index in [1.54, 1.807) is 0 Å². The Labute approximate surface area is 345 Å². The van der Waals surface area contributed by atoms with E-state index in [0.29, 0.717) is 17.6 Å². The van der Waals surface area contributed by atoms with E-state index < -0.39 is 8.07 Å². The Morgan fingerprint density at radius 3 is 1.63 bits per heavy atom. The summed E-state index contributed by atoms with van der Waals surface area (Å²) in [5, 5.41) is 7.17. The van der Waals surface area contributed by atoms with E-state index in [2.05, 4.69) is 161 Å². The maximum atomic E-state index is 6.23. The molecule has 0 saturated heterocycles. The molecule has 0 fully saturated rings. The van der Waals surface area contributed by atoms with Crippen molar-refractivity contribution in [3.8, 4) is 28.7 Å². The number of fused-ring (bicyclic) bond motifs is 8. The molecule has 7 nitrogen and oxygen atoms in total. The van der Waals surface area contributed by atoms with Crippen LogP contribution >= 0.6 is 0 Å². The fourth-order valence-electron chi connectivity index (χ4n) is 9.09. The highest BCUT2D eigenvalue weighted by molar-refractivity contribution is 7.19. The summed E-state index contributed by atoms with van der Waals surface area (Å²) in [6.07, 6.45) is 0. The number of aromatic nitrogens is 6. The molecule has 0 saturated carbocycles. The topological polar surface area (TPSA) is 74.0 Å². The Balaban J connectivity index is 1.14. The predicted molar refractivity (Wildman–Crippen MR) is 245 cm³/mol. The highest BCUT2D eigenvalue weighted by atomic mass is 28.3. The molecular weight excluding hydrogens is 753 g/mol. The average Bonchev–Trinajstić information content (AvgIpc) is 3.99. The molecule has 0 unspecified atom stereocenters. The fourth-order valence-corrected chi connectivity index (χ4v) is 13.9. The van der Waals surface area contributed by atoms with E-state index in [1.165, 1.54) is 20.7 Å². The second kappa shape index (κ2) is 13.6. The van der Waals surface area contributed by atoms with E-state index >= 15 is 0 Å². The quantitative estimate of drug-likeness (QED) is 0.119. The van der Waals surface area contributed by atoms with Gasteiger partial charge in [0.1, 0.15) is 11.2 Å². The minimum atomic E-state index is -2.85. The van der Waals surface area contributed by atoms with Gasteiger partial charge in [0.05, 0.1) is 22.1 Å². The maximum Gasteiger partial charge on any atom is 0.241 e. The number of nitrogens with zero attached hydrogens (tertiary/aromatic N) is 6. The van der Waals surface area contributed by atoms with Gasteiger partial charge in [0, 0.05) is 21.9 Å². The van der Waals surface area contributed by atoms with Crippen LogP contribution in [0.5, 0.6) is 0 Å².